The van der Waals surface area contributed by atoms with E-state index in [-0.39, 0.29) is 5.54 Å². The zero-order valence-electron chi connectivity index (χ0n) is 15.4. The molecule has 5 heteroatoms. The average Bonchev–Trinajstić information content (AvgIpc) is 2.59. The molecular weight excluding hydrogens is 332 g/mol. The van der Waals surface area contributed by atoms with E-state index in [9.17, 15) is 0 Å². The summed E-state index contributed by atoms with van der Waals surface area (Å²) in [5.41, 5.74) is 1.18. The quantitative estimate of drug-likeness (QED) is 0.810. The van der Waals surface area contributed by atoms with Crippen LogP contribution in [-0.4, -0.2) is 36.8 Å². The Morgan fingerprint density at radius 2 is 1.48 bits per heavy atom. The lowest BCUT2D eigenvalue weighted by Crippen LogP contribution is -2.60. The molecule has 0 atom stereocenters. The van der Waals surface area contributed by atoms with Crippen LogP contribution in [0.15, 0.2) is 18.2 Å². The summed E-state index contributed by atoms with van der Waals surface area (Å²) in [6.45, 7) is 0. The summed E-state index contributed by atoms with van der Waals surface area (Å²) in [5, 5.41) is 4.22. The van der Waals surface area contributed by atoms with Gasteiger partial charge in [-0.3, -0.25) is 0 Å². The van der Waals surface area contributed by atoms with E-state index in [4.69, 9.17) is 21.7 Å². The minimum Gasteiger partial charge on any atom is -0.497 e. The van der Waals surface area contributed by atoms with Gasteiger partial charge in [-0.2, -0.15) is 0 Å². The van der Waals surface area contributed by atoms with E-state index in [0.29, 0.717) is 0 Å². The Morgan fingerprint density at radius 3 is 1.92 bits per heavy atom. The molecule has 4 nitrogen and oxygen atoms in total. The highest BCUT2D eigenvalue weighted by Gasteiger charge is 2.53. The first-order valence-corrected chi connectivity index (χ1v) is 9.70. The molecule has 136 valence electrons. The maximum Gasteiger partial charge on any atom is 0.173 e. The maximum absolute atomic E-state index is 5.79. The lowest BCUT2D eigenvalue weighted by Gasteiger charge is -2.60. The molecule has 1 aromatic carbocycles. The fraction of sp³-hybridized carbons (Fsp3) is 0.650. The Bertz CT molecular complexity index is 618. The molecule has 4 aliphatic carbocycles. The van der Waals surface area contributed by atoms with Crippen LogP contribution in [0.4, 0.5) is 5.69 Å². The van der Waals surface area contributed by atoms with Crippen molar-refractivity contribution in [2.45, 2.75) is 44.1 Å². The summed E-state index contributed by atoms with van der Waals surface area (Å²) in [6, 6.07) is 5.79. The second-order valence-electron chi connectivity index (χ2n) is 8.23. The van der Waals surface area contributed by atoms with E-state index in [2.05, 4.69) is 17.3 Å². The van der Waals surface area contributed by atoms with Crippen molar-refractivity contribution in [3.63, 3.8) is 0 Å². The summed E-state index contributed by atoms with van der Waals surface area (Å²) < 4.78 is 10.7. The molecule has 0 heterocycles. The third-order valence-corrected chi connectivity index (χ3v) is 7.00. The van der Waals surface area contributed by atoms with Crippen LogP contribution in [0.5, 0.6) is 11.5 Å². The summed E-state index contributed by atoms with van der Waals surface area (Å²) in [6.07, 6.45) is 8.25. The lowest BCUT2D eigenvalue weighted by atomic mass is 9.52. The molecule has 4 fully saturated rings. The van der Waals surface area contributed by atoms with Crippen molar-refractivity contribution in [2.24, 2.45) is 17.8 Å². The van der Waals surface area contributed by atoms with Gasteiger partial charge < -0.3 is 19.7 Å². The third-order valence-electron chi connectivity index (χ3n) is 6.62. The number of thiocarbonyl (C=S) groups is 1. The number of hydrogen-bond acceptors (Lipinski definition) is 3. The van der Waals surface area contributed by atoms with Crippen LogP contribution < -0.4 is 14.8 Å². The van der Waals surface area contributed by atoms with Gasteiger partial charge >= 0.3 is 0 Å². The summed E-state index contributed by atoms with van der Waals surface area (Å²) in [7, 11) is 5.51. The first kappa shape index (κ1) is 17.0. The van der Waals surface area contributed by atoms with Gasteiger partial charge in [0, 0.05) is 36.5 Å². The van der Waals surface area contributed by atoms with E-state index in [1.165, 1.54) is 38.5 Å². The van der Waals surface area contributed by atoms with Crippen molar-refractivity contribution < 1.29 is 9.47 Å². The normalized spacial score (nSPS) is 32.4. The zero-order chi connectivity index (χ0) is 17.6. The minimum absolute atomic E-state index is 0.266. The number of nitrogens with zero attached hydrogens (tertiary/aromatic N) is 1. The predicted molar refractivity (Wildman–Crippen MR) is 104 cm³/mol. The number of nitrogens with one attached hydrogen (secondary N) is 1. The van der Waals surface area contributed by atoms with Crippen LogP contribution in [-0.2, 0) is 0 Å². The molecule has 0 aromatic heterocycles. The van der Waals surface area contributed by atoms with E-state index in [1.807, 2.05) is 18.2 Å². The highest BCUT2D eigenvalue weighted by Crippen LogP contribution is 2.57. The third kappa shape index (κ3) is 3.07. The summed E-state index contributed by atoms with van der Waals surface area (Å²) >= 11 is 5.79. The van der Waals surface area contributed by atoms with Gasteiger partial charge in [-0.05, 0) is 68.5 Å². The molecule has 4 aliphatic rings. The van der Waals surface area contributed by atoms with Crippen molar-refractivity contribution in [2.75, 3.05) is 26.6 Å². The minimum atomic E-state index is 0.266. The Hall–Kier alpha value is -1.49. The molecule has 25 heavy (non-hydrogen) atoms. The SMILES string of the molecule is COc1cc(NC(=S)N(C)C23CC4CC(CC(C4)C2)C3)cc(OC)c1. The Labute approximate surface area is 155 Å². The molecule has 0 radical (unpaired) electrons. The van der Waals surface area contributed by atoms with Crippen molar-refractivity contribution in [3.8, 4) is 11.5 Å². The Kier molecular flexibility index (Phi) is 4.30. The number of methoxy groups -OCH3 is 2. The number of hydrogen-bond donors (Lipinski definition) is 1. The molecule has 5 rings (SSSR count). The lowest BCUT2D eigenvalue weighted by molar-refractivity contribution is -0.0538. The van der Waals surface area contributed by atoms with Crippen LogP contribution in [0.2, 0.25) is 0 Å². The van der Waals surface area contributed by atoms with Gasteiger partial charge in [0.1, 0.15) is 11.5 Å². The summed E-state index contributed by atoms with van der Waals surface area (Å²) in [5.74, 6) is 4.26. The molecule has 0 aliphatic heterocycles. The highest BCUT2D eigenvalue weighted by molar-refractivity contribution is 7.80. The molecule has 4 bridgehead atoms. The van der Waals surface area contributed by atoms with Crippen LogP contribution in [0.25, 0.3) is 0 Å². The topological polar surface area (TPSA) is 33.7 Å². The first-order valence-electron chi connectivity index (χ1n) is 9.29. The molecule has 0 unspecified atom stereocenters. The second kappa shape index (κ2) is 6.35. The van der Waals surface area contributed by atoms with E-state index in [1.54, 1.807) is 14.2 Å². The van der Waals surface area contributed by atoms with Gasteiger partial charge in [0.15, 0.2) is 5.11 Å². The Balaban J connectivity index is 1.51. The fourth-order valence-corrected chi connectivity index (χ4v) is 6.09. The zero-order valence-corrected chi connectivity index (χ0v) is 16.2. The second-order valence-corrected chi connectivity index (χ2v) is 8.62. The highest BCUT2D eigenvalue weighted by atomic mass is 32.1. The number of benzene rings is 1. The van der Waals surface area contributed by atoms with Crippen LogP contribution in [0, 0.1) is 17.8 Å². The van der Waals surface area contributed by atoms with E-state index in [0.717, 1.165) is 40.1 Å². The van der Waals surface area contributed by atoms with Crippen LogP contribution in [0.3, 0.4) is 0 Å². The number of rotatable bonds is 4. The molecule has 0 amide bonds. The largest absolute Gasteiger partial charge is 0.497 e. The molecular formula is C20H28N2O2S. The molecule has 0 spiro atoms. The predicted octanol–water partition coefficient (Wildman–Crippen LogP) is 4.30. The van der Waals surface area contributed by atoms with Crippen molar-refractivity contribution in [3.05, 3.63) is 18.2 Å². The van der Waals surface area contributed by atoms with Gasteiger partial charge in [-0.15, -0.1) is 0 Å². The number of ether oxygens (including phenoxy) is 2. The molecule has 4 saturated carbocycles. The van der Waals surface area contributed by atoms with E-state index >= 15 is 0 Å². The average molecular weight is 361 g/mol. The molecule has 0 saturated heterocycles. The van der Waals surface area contributed by atoms with Crippen molar-refractivity contribution >= 4 is 23.0 Å². The fourth-order valence-electron chi connectivity index (χ4n) is 5.78. The first-order chi connectivity index (χ1) is 12.0. The van der Waals surface area contributed by atoms with Crippen LogP contribution in [0.1, 0.15) is 38.5 Å². The van der Waals surface area contributed by atoms with Crippen molar-refractivity contribution in [1.82, 2.24) is 4.90 Å². The standard InChI is InChI=1S/C20H28N2O2S/c1-22(20-10-13-4-14(11-20)6-15(5-13)12-20)19(25)21-16-7-17(23-2)9-18(8-16)24-3/h7-9,13-15H,4-6,10-12H2,1-3H3,(H,21,25). The van der Waals surface area contributed by atoms with Gasteiger partial charge in [-0.1, -0.05) is 0 Å². The Morgan fingerprint density at radius 1 is 1.00 bits per heavy atom. The van der Waals surface area contributed by atoms with Gasteiger partial charge in [-0.25, -0.2) is 0 Å². The van der Waals surface area contributed by atoms with Gasteiger partial charge in [0.25, 0.3) is 0 Å². The molecule has 1 N–H and O–H groups in total. The van der Waals surface area contributed by atoms with Gasteiger partial charge in [0.05, 0.1) is 14.2 Å². The van der Waals surface area contributed by atoms with Crippen LogP contribution >= 0.6 is 12.2 Å². The van der Waals surface area contributed by atoms with Crippen molar-refractivity contribution in [1.29, 1.82) is 0 Å². The maximum atomic E-state index is 5.79. The van der Waals surface area contributed by atoms with E-state index < -0.39 is 0 Å². The number of anilines is 1. The smallest absolute Gasteiger partial charge is 0.173 e. The summed E-state index contributed by atoms with van der Waals surface area (Å²) in [4.78, 5) is 2.36. The monoisotopic (exact) mass is 360 g/mol. The van der Waals surface area contributed by atoms with Gasteiger partial charge in [0.2, 0.25) is 0 Å². The molecule has 1 aromatic rings.